The van der Waals surface area contributed by atoms with Gasteiger partial charge in [-0.2, -0.15) is 0 Å². The van der Waals surface area contributed by atoms with Crippen LogP contribution < -0.4 is 5.32 Å². The highest BCUT2D eigenvalue weighted by atomic mass is 32.1. The minimum atomic E-state index is 0.269. The lowest BCUT2D eigenvalue weighted by Crippen LogP contribution is -2.24. The zero-order valence-corrected chi connectivity index (χ0v) is 10.3. The molecule has 0 aliphatic carbocycles. The Hall–Kier alpha value is -0.720. The summed E-state index contributed by atoms with van der Waals surface area (Å²) in [6.45, 7) is 2.06. The van der Waals surface area contributed by atoms with E-state index in [2.05, 4.69) is 15.5 Å². The molecular weight excluding hydrogens is 226 g/mol. The van der Waals surface area contributed by atoms with Crippen molar-refractivity contribution in [2.24, 2.45) is 0 Å². The van der Waals surface area contributed by atoms with E-state index in [1.165, 1.54) is 24.2 Å². The topological polar surface area (TPSA) is 56.3 Å². The van der Waals surface area contributed by atoms with Crippen LogP contribution in [0.5, 0.6) is 0 Å². The monoisotopic (exact) mass is 243 g/mol. The second-order valence-corrected chi connectivity index (χ2v) is 4.82. The van der Waals surface area contributed by atoms with Crippen molar-refractivity contribution in [2.75, 3.05) is 25.6 Å². The lowest BCUT2D eigenvalue weighted by Gasteiger charge is -2.21. The molecule has 2 heterocycles. The van der Waals surface area contributed by atoms with Crippen LogP contribution in [0.1, 0.15) is 24.3 Å². The summed E-state index contributed by atoms with van der Waals surface area (Å²) in [6.07, 6.45) is 3.80. The van der Waals surface area contributed by atoms with Gasteiger partial charge in [-0.05, 0) is 19.3 Å². The molecule has 5 nitrogen and oxygen atoms in total. The molecule has 1 N–H and O–H groups in total. The lowest BCUT2D eigenvalue weighted by atomic mass is 10.1. The Morgan fingerprint density at radius 3 is 3.12 bits per heavy atom. The summed E-state index contributed by atoms with van der Waals surface area (Å²) >= 11 is 1.52. The Morgan fingerprint density at radius 2 is 2.44 bits per heavy atom. The summed E-state index contributed by atoms with van der Waals surface area (Å²) < 4.78 is 11.1. The average molecular weight is 243 g/mol. The summed E-state index contributed by atoms with van der Waals surface area (Å²) in [4.78, 5) is 0. The first kappa shape index (κ1) is 11.8. The molecule has 0 amide bonds. The Balaban J connectivity index is 1.66. The molecule has 0 aromatic carbocycles. The molecule has 1 aliphatic rings. The van der Waals surface area contributed by atoms with Crippen LogP contribution in [0.2, 0.25) is 0 Å². The molecular formula is C10H17N3O2S. The largest absolute Gasteiger partial charge is 0.376 e. The van der Waals surface area contributed by atoms with Crippen LogP contribution >= 0.6 is 11.3 Å². The van der Waals surface area contributed by atoms with Gasteiger partial charge in [-0.25, -0.2) is 0 Å². The first-order valence-electron chi connectivity index (χ1n) is 5.58. The van der Waals surface area contributed by atoms with Gasteiger partial charge in [0.15, 0.2) is 0 Å². The van der Waals surface area contributed by atoms with Crippen molar-refractivity contribution in [1.29, 1.82) is 0 Å². The van der Waals surface area contributed by atoms with Gasteiger partial charge in [-0.1, -0.05) is 11.3 Å². The molecule has 1 atom stereocenters. The minimum Gasteiger partial charge on any atom is -0.376 e. The van der Waals surface area contributed by atoms with Crippen LogP contribution in [0.4, 0.5) is 5.13 Å². The first-order chi connectivity index (χ1) is 7.88. The van der Waals surface area contributed by atoms with Crippen molar-refractivity contribution in [3.63, 3.8) is 0 Å². The molecule has 1 unspecified atom stereocenters. The number of nitrogens with one attached hydrogen (secondary N) is 1. The fourth-order valence-electron chi connectivity index (χ4n) is 1.63. The van der Waals surface area contributed by atoms with E-state index in [0.717, 1.165) is 23.2 Å². The van der Waals surface area contributed by atoms with Gasteiger partial charge in [-0.15, -0.1) is 10.2 Å². The number of rotatable bonds is 5. The zero-order chi connectivity index (χ0) is 11.2. The van der Waals surface area contributed by atoms with Crippen LogP contribution in [-0.4, -0.2) is 36.6 Å². The van der Waals surface area contributed by atoms with Crippen LogP contribution in [0, 0.1) is 0 Å². The van der Waals surface area contributed by atoms with Gasteiger partial charge in [0.2, 0.25) is 5.13 Å². The molecule has 1 aliphatic heterocycles. The van der Waals surface area contributed by atoms with E-state index in [-0.39, 0.29) is 6.10 Å². The van der Waals surface area contributed by atoms with Gasteiger partial charge in [0.25, 0.3) is 0 Å². The maximum absolute atomic E-state index is 5.57. The summed E-state index contributed by atoms with van der Waals surface area (Å²) in [6, 6.07) is 0. The highest BCUT2D eigenvalue weighted by molar-refractivity contribution is 7.15. The first-order valence-corrected chi connectivity index (χ1v) is 6.39. The molecule has 1 aromatic heterocycles. The fraction of sp³-hybridized carbons (Fsp3) is 0.800. The Morgan fingerprint density at radius 1 is 1.50 bits per heavy atom. The summed E-state index contributed by atoms with van der Waals surface area (Å²) in [5.74, 6) is 0. The number of hydrogen-bond donors (Lipinski definition) is 1. The summed E-state index contributed by atoms with van der Waals surface area (Å²) in [5.41, 5.74) is 0. The smallest absolute Gasteiger partial charge is 0.205 e. The molecule has 6 heteroatoms. The molecule has 0 spiro atoms. The lowest BCUT2D eigenvalue weighted by molar-refractivity contribution is -0.0448. The predicted molar refractivity (Wildman–Crippen MR) is 62.7 cm³/mol. The van der Waals surface area contributed by atoms with Gasteiger partial charge in [0.05, 0.1) is 12.7 Å². The third-order valence-corrected chi connectivity index (χ3v) is 3.40. The van der Waals surface area contributed by atoms with Crippen molar-refractivity contribution >= 4 is 16.5 Å². The zero-order valence-electron chi connectivity index (χ0n) is 9.44. The highest BCUT2D eigenvalue weighted by Gasteiger charge is 2.14. The van der Waals surface area contributed by atoms with Gasteiger partial charge in [-0.3, -0.25) is 0 Å². The van der Waals surface area contributed by atoms with Crippen molar-refractivity contribution in [3.05, 3.63) is 5.01 Å². The molecule has 16 heavy (non-hydrogen) atoms. The maximum Gasteiger partial charge on any atom is 0.205 e. The van der Waals surface area contributed by atoms with Crippen LogP contribution in [0.25, 0.3) is 0 Å². The van der Waals surface area contributed by atoms with E-state index in [9.17, 15) is 0 Å². The standard InChI is InChI=1S/C10H17N3O2S/c1-11-10-13-12-9(16-10)7-14-6-8-4-2-3-5-15-8/h8H,2-7H2,1H3,(H,11,13). The molecule has 90 valence electrons. The fourth-order valence-corrected chi connectivity index (χ4v) is 2.26. The van der Waals surface area contributed by atoms with E-state index in [4.69, 9.17) is 9.47 Å². The summed E-state index contributed by atoms with van der Waals surface area (Å²) in [7, 11) is 1.83. The molecule has 1 saturated heterocycles. The van der Waals surface area contributed by atoms with Crippen molar-refractivity contribution < 1.29 is 9.47 Å². The number of nitrogens with zero attached hydrogens (tertiary/aromatic N) is 2. The van der Waals surface area contributed by atoms with Gasteiger partial charge in [0.1, 0.15) is 11.6 Å². The van der Waals surface area contributed by atoms with Crippen LogP contribution in [-0.2, 0) is 16.1 Å². The van der Waals surface area contributed by atoms with E-state index < -0.39 is 0 Å². The number of hydrogen-bond acceptors (Lipinski definition) is 6. The highest BCUT2D eigenvalue weighted by Crippen LogP contribution is 2.16. The van der Waals surface area contributed by atoms with E-state index in [1.54, 1.807) is 0 Å². The molecule has 0 radical (unpaired) electrons. The van der Waals surface area contributed by atoms with Crippen molar-refractivity contribution in [3.8, 4) is 0 Å². The molecule has 0 saturated carbocycles. The average Bonchev–Trinajstić information content (AvgIpc) is 2.78. The molecule has 1 fully saturated rings. The maximum atomic E-state index is 5.57. The Labute approximate surface area is 99.2 Å². The molecule has 2 rings (SSSR count). The van der Waals surface area contributed by atoms with E-state index in [0.29, 0.717) is 13.2 Å². The molecule has 0 bridgehead atoms. The van der Waals surface area contributed by atoms with Crippen molar-refractivity contribution in [1.82, 2.24) is 10.2 Å². The second-order valence-electron chi connectivity index (χ2n) is 3.75. The van der Waals surface area contributed by atoms with Gasteiger partial charge < -0.3 is 14.8 Å². The van der Waals surface area contributed by atoms with Crippen LogP contribution in [0.15, 0.2) is 0 Å². The van der Waals surface area contributed by atoms with Crippen LogP contribution in [0.3, 0.4) is 0 Å². The number of anilines is 1. The summed E-state index contributed by atoms with van der Waals surface area (Å²) in [5, 5.41) is 12.6. The Bertz CT molecular complexity index is 313. The van der Waals surface area contributed by atoms with Gasteiger partial charge >= 0.3 is 0 Å². The Kier molecular flexibility index (Phi) is 4.50. The number of aromatic nitrogens is 2. The quantitative estimate of drug-likeness (QED) is 0.852. The SMILES string of the molecule is CNc1nnc(COCC2CCCCO2)s1. The second kappa shape index (κ2) is 6.12. The third-order valence-electron chi connectivity index (χ3n) is 2.48. The normalized spacial score (nSPS) is 20.9. The van der Waals surface area contributed by atoms with Gasteiger partial charge in [0, 0.05) is 13.7 Å². The molecule has 1 aromatic rings. The van der Waals surface area contributed by atoms with E-state index >= 15 is 0 Å². The third kappa shape index (κ3) is 3.40. The minimum absolute atomic E-state index is 0.269. The van der Waals surface area contributed by atoms with E-state index in [1.807, 2.05) is 7.05 Å². The van der Waals surface area contributed by atoms with Crippen molar-refractivity contribution in [2.45, 2.75) is 32.0 Å². The predicted octanol–water partition coefficient (Wildman–Crippen LogP) is 1.67. The number of ether oxygens (including phenoxy) is 2.